The van der Waals surface area contributed by atoms with Crippen LogP contribution in [0.5, 0.6) is 5.75 Å². The van der Waals surface area contributed by atoms with Crippen LogP contribution in [-0.2, 0) is 16.8 Å². The molecular formula is C29H37F3N2O4. The molecule has 1 aromatic carbocycles. The first kappa shape index (κ1) is 28.0. The Morgan fingerprint density at radius 1 is 1.05 bits per heavy atom. The lowest BCUT2D eigenvalue weighted by molar-refractivity contribution is -0.274. The lowest BCUT2D eigenvalue weighted by Crippen LogP contribution is -2.46. The van der Waals surface area contributed by atoms with Crippen LogP contribution in [0.15, 0.2) is 24.3 Å². The van der Waals surface area contributed by atoms with Crippen molar-refractivity contribution in [3.05, 3.63) is 41.1 Å². The van der Waals surface area contributed by atoms with Gasteiger partial charge in [-0.2, -0.15) is 0 Å². The van der Waals surface area contributed by atoms with Gasteiger partial charge in [0.2, 0.25) is 0 Å². The number of halogens is 3. The van der Waals surface area contributed by atoms with Crippen molar-refractivity contribution in [2.24, 2.45) is 11.8 Å². The molecule has 1 aromatic heterocycles. The summed E-state index contributed by atoms with van der Waals surface area (Å²) >= 11 is 0. The van der Waals surface area contributed by atoms with Crippen LogP contribution in [0.3, 0.4) is 0 Å². The Hall–Kier alpha value is -2.97. The number of aliphatic carboxylic acids is 1. The molecule has 0 unspecified atom stereocenters. The standard InChI is InChI=1S/C29H37F3N2O4/c1-17-24(26(35)33-22-11-20(12-22)27(36)37)15-25(34(17)16-18-8-6-5-7-9-18)19-10-21(28(2,3)4)14-23(13-19)38-29(30,31)32/h10,13-15,18,20,22H,5-9,11-12,16H2,1-4H3,(H,33,35)(H,36,37). The Balaban J connectivity index is 1.73. The summed E-state index contributed by atoms with van der Waals surface area (Å²) in [6.45, 7) is 8.32. The zero-order chi connectivity index (χ0) is 27.8. The normalized spacial score (nSPS) is 20.6. The number of carbonyl (C=O) groups is 2. The highest BCUT2D eigenvalue weighted by Crippen LogP contribution is 2.37. The van der Waals surface area contributed by atoms with Crippen molar-refractivity contribution in [3.8, 4) is 17.0 Å². The van der Waals surface area contributed by atoms with E-state index in [4.69, 9.17) is 5.11 Å². The summed E-state index contributed by atoms with van der Waals surface area (Å²) < 4.78 is 46.0. The second-order valence-electron chi connectivity index (χ2n) is 11.9. The first-order valence-electron chi connectivity index (χ1n) is 13.4. The molecule has 2 aromatic rings. The van der Waals surface area contributed by atoms with Gasteiger partial charge < -0.3 is 19.7 Å². The monoisotopic (exact) mass is 534 g/mol. The van der Waals surface area contributed by atoms with Crippen molar-refractivity contribution in [1.29, 1.82) is 0 Å². The number of nitrogens with zero attached hydrogens (tertiary/aromatic N) is 1. The van der Waals surface area contributed by atoms with Gasteiger partial charge in [0.15, 0.2) is 0 Å². The van der Waals surface area contributed by atoms with Crippen molar-refractivity contribution >= 4 is 11.9 Å². The van der Waals surface area contributed by atoms with E-state index < -0.39 is 23.7 Å². The lowest BCUT2D eigenvalue weighted by Gasteiger charge is -2.32. The van der Waals surface area contributed by atoms with E-state index in [0.29, 0.717) is 47.7 Å². The Morgan fingerprint density at radius 3 is 2.29 bits per heavy atom. The van der Waals surface area contributed by atoms with Gasteiger partial charge in [-0.3, -0.25) is 9.59 Å². The molecule has 1 amide bonds. The summed E-state index contributed by atoms with van der Waals surface area (Å²) in [5, 5.41) is 12.1. The number of hydrogen-bond donors (Lipinski definition) is 2. The van der Waals surface area contributed by atoms with Gasteiger partial charge in [0.25, 0.3) is 5.91 Å². The summed E-state index contributed by atoms with van der Waals surface area (Å²) in [4.78, 5) is 24.4. The molecule has 0 radical (unpaired) electrons. The quantitative estimate of drug-likeness (QED) is 0.408. The number of hydrogen-bond acceptors (Lipinski definition) is 3. The van der Waals surface area contributed by atoms with Gasteiger partial charge in [0, 0.05) is 29.5 Å². The van der Waals surface area contributed by atoms with Crippen molar-refractivity contribution in [2.75, 3.05) is 0 Å². The molecule has 208 valence electrons. The summed E-state index contributed by atoms with van der Waals surface area (Å²) in [5.74, 6) is -1.46. The fraction of sp³-hybridized carbons (Fsp3) is 0.586. The SMILES string of the molecule is Cc1c(C(=O)NC2CC(C(=O)O)C2)cc(-c2cc(OC(F)(F)F)cc(C(C)(C)C)c2)n1CC1CCCCC1. The molecule has 0 atom stereocenters. The number of ether oxygens (including phenoxy) is 1. The zero-order valence-electron chi connectivity index (χ0n) is 22.5. The van der Waals surface area contributed by atoms with E-state index in [1.54, 1.807) is 6.07 Å². The van der Waals surface area contributed by atoms with Crippen molar-refractivity contribution < 1.29 is 32.6 Å². The summed E-state index contributed by atoms with van der Waals surface area (Å²) in [6, 6.07) is 6.23. The second kappa shape index (κ2) is 10.7. The van der Waals surface area contributed by atoms with Crippen molar-refractivity contribution in [2.45, 2.75) is 97.0 Å². The van der Waals surface area contributed by atoms with Crippen LogP contribution < -0.4 is 10.1 Å². The van der Waals surface area contributed by atoms with Crippen LogP contribution in [0.25, 0.3) is 11.3 Å². The highest BCUT2D eigenvalue weighted by Gasteiger charge is 2.36. The van der Waals surface area contributed by atoms with Crippen molar-refractivity contribution in [1.82, 2.24) is 9.88 Å². The Labute approximate surface area is 221 Å². The molecule has 2 N–H and O–H groups in total. The van der Waals surface area contributed by atoms with E-state index in [2.05, 4.69) is 14.6 Å². The minimum atomic E-state index is -4.82. The number of nitrogens with one attached hydrogen (secondary N) is 1. The molecule has 2 aliphatic carbocycles. The predicted octanol–water partition coefficient (Wildman–Crippen LogP) is 6.83. The maximum absolute atomic E-state index is 13.3. The van der Waals surface area contributed by atoms with Gasteiger partial charge in [0.1, 0.15) is 5.75 Å². The molecule has 2 fully saturated rings. The minimum absolute atomic E-state index is 0.204. The highest BCUT2D eigenvalue weighted by molar-refractivity contribution is 5.97. The van der Waals surface area contributed by atoms with Crippen LogP contribution in [0.2, 0.25) is 0 Å². The average molecular weight is 535 g/mol. The molecular weight excluding hydrogens is 497 g/mol. The number of benzene rings is 1. The molecule has 6 nitrogen and oxygen atoms in total. The maximum Gasteiger partial charge on any atom is 0.573 e. The van der Waals surface area contributed by atoms with E-state index in [1.807, 2.05) is 33.8 Å². The number of carboxylic acids is 1. The summed E-state index contributed by atoms with van der Waals surface area (Å²) in [5.41, 5.74) is 2.70. The maximum atomic E-state index is 13.3. The van der Waals surface area contributed by atoms with E-state index in [9.17, 15) is 22.8 Å². The van der Waals surface area contributed by atoms with Gasteiger partial charge in [-0.15, -0.1) is 13.2 Å². The fourth-order valence-electron chi connectivity index (χ4n) is 5.55. The largest absolute Gasteiger partial charge is 0.573 e. The third kappa shape index (κ3) is 6.53. The number of alkyl halides is 3. The molecule has 0 saturated heterocycles. The first-order chi connectivity index (χ1) is 17.7. The molecule has 38 heavy (non-hydrogen) atoms. The fourth-order valence-corrected chi connectivity index (χ4v) is 5.55. The molecule has 9 heteroatoms. The Morgan fingerprint density at radius 2 is 1.71 bits per heavy atom. The van der Waals surface area contributed by atoms with Crippen LogP contribution in [0.4, 0.5) is 13.2 Å². The van der Waals surface area contributed by atoms with Gasteiger partial charge in [-0.1, -0.05) is 40.0 Å². The van der Waals surface area contributed by atoms with E-state index >= 15 is 0 Å². The molecule has 2 aliphatic rings. The molecule has 0 bridgehead atoms. The molecule has 2 saturated carbocycles. The van der Waals surface area contributed by atoms with Gasteiger partial charge in [-0.25, -0.2) is 0 Å². The molecule has 4 rings (SSSR count). The Bertz CT molecular complexity index is 1180. The smallest absolute Gasteiger partial charge is 0.481 e. The minimum Gasteiger partial charge on any atom is -0.481 e. The van der Waals surface area contributed by atoms with Gasteiger partial charge in [-0.05, 0) is 73.8 Å². The van der Waals surface area contributed by atoms with E-state index in [-0.39, 0.29) is 17.7 Å². The number of carboxylic acid groups (broad SMARTS) is 1. The topological polar surface area (TPSA) is 80.6 Å². The molecule has 1 heterocycles. The van der Waals surface area contributed by atoms with E-state index in [1.165, 1.54) is 18.6 Å². The van der Waals surface area contributed by atoms with Crippen LogP contribution in [0, 0.1) is 18.8 Å². The van der Waals surface area contributed by atoms with Crippen LogP contribution >= 0.6 is 0 Å². The zero-order valence-corrected chi connectivity index (χ0v) is 22.5. The van der Waals surface area contributed by atoms with Crippen LogP contribution in [-0.4, -0.2) is 34.0 Å². The Kier molecular flexibility index (Phi) is 7.86. The summed E-state index contributed by atoms with van der Waals surface area (Å²) in [6.07, 6.45) is 1.58. The predicted molar refractivity (Wildman–Crippen MR) is 138 cm³/mol. The number of aromatic nitrogens is 1. The van der Waals surface area contributed by atoms with E-state index in [0.717, 1.165) is 31.4 Å². The molecule has 0 aliphatic heterocycles. The second-order valence-corrected chi connectivity index (χ2v) is 11.9. The highest BCUT2D eigenvalue weighted by atomic mass is 19.4. The molecule has 0 spiro atoms. The lowest BCUT2D eigenvalue weighted by atomic mass is 9.80. The summed E-state index contributed by atoms with van der Waals surface area (Å²) in [7, 11) is 0. The van der Waals surface area contributed by atoms with Crippen molar-refractivity contribution in [3.63, 3.8) is 0 Å². The van der Waals surface area contributed by atoms with Gasteiger partial charge >= 0.3 is 12.3 Å². The van der Waals surface area contributed by atoms with Gasteiger partial charge in [0.05, 0.1) is 11.5 Å². The number of rotatable bonds is 7. The van der Waals surface area contributed by atoms with Crippen LogP contribution in [0.1, 0.15) is 87.3 Å². The third-order valence-electron chi connectivity index (χ3n) is 7.90. The average Bonchev–Trinajstić information content (AvgIpc) is 3.10. The first-order valence-corrected chi connectivity index (χ1v) is 13.4. The number of carbonyl (C=O) groups excluding carboxylic acids is 1. The number of amides is 1. The third-order valence-corrected chi connectivity index (χ3v) is 7.90.